The highest BCUT2D eigenvalue weighted by atomic mass is 16.5. The van der Waals surface area contributed by atoms with Gasteiger partial charge in [0, 0.05) is 5.56 Å². The van der Waals surface area contributed by atoms with Crippen molar-refractivity contribution >= 4 is 17.3 Å². The van der Waals surface area contributed by atoms with Crippen LogP contribution in [0.2, 0.25) is 0 Å². The van der Waals surface area contributed by atoms with Crippen molar-refractivity contribution in [3.8, 4) is 17.0 Å². The van der Waals surface area contributed by atoms with E-state index in [4.69, 9.17) is 11.3 Å². The molecule has 3 aromatic rings. The average molecular weight is 317 g/mol. The lowest BCUT2D eigenvalue weighted by molar-refractivity contribution is 0.415. The van der Waals surface area contributed by atoms with Crippen molar-refractivity contribution in [2.45, 2.75) is 6.92 Å². The molecule has 0 unspecified atom stereocenters. The number of anilines is 2. The highest BCUT2D eigenvalue weighted by Crippen LogP contribution is 2.34. The van der Waals surface area contributed by atoms with E-state index in [9.17, 15) is 0 Å². The molecule has 3 rings (SSSR count). The Hall–Kier alpha value is -3.46. The van der Waals surface area contributed by atoms with Gasteiger partial charge in [-0.05, 0) is 19.1 Å². The van der Waals surface area contributed by atoms with E-state index < -0.39 is 0 Å². The van der Waals surface area contributed by atoms with Crippen LogP contribution < -0.4 is 10.1 Å². The average Bonchev–Trinajstić information content (AvgIpc) is 2.63. The summed E-state index contributed by atoms with van der Waals surface area (Å²) in [7, 11) is 1.59. The number of methoxy groups -OCH3 is 1. The molecule has 0 atom stereocenters. The molecule has 0 aliphatic heterocycles. The van der Waals surface area contributed by atoms with E-state index in [2.05, 4.69) is 25.1 Å². The van der Waals surface area contributed by atoms with Gasteiger partial charge in [-0.25, -0.2) is 9.97 Å². The Labute approximate surface area is 140 Å². The second-order valence-corrected chi connectivity index (χ2v) is 5.11. The minimum absolute atomic E-state index is 0.343. The lowest BCUT2D eigenvalue weighted by Crippen LogP contribution is -2.01. The van der Waals surface area contributed by atoms with Gasteiger partial charge < -0.3 is 14.9 Å². The zero-order valence-electron chi connectivity index (χ0n) is 13.3. The molecule has 0 aliphatic rings. The zero-order valence-corrected chi connectivity index (χ0v) is 13.3. The van der Waals surface area contributed by atoms with E-state index in [0.29, 0.717) is 28.8 Å². The van der Waals surface area contributed by atoms with Gasteiger partial charge in [-0.3, -0.25) is 0 Å². The normalized spacial score (nSPS) is 10.0. The van der Waals surface area contributed by atoms with Crippen molar-refractivity contribution in [3.63, 3.8) is 0 Å². The Balaban J connectivity index is 1.97. The predicted octanol–water partition coefficient (Wildman–Crippen LogP) is 4.15. The Kier molecular flexibility index (Phi) is 4.34. The summed E-state index contributed by atoms with van der Waals surface area (Å²) in [6.07, 6.45) is 3.07. The first-order valence-corrected chi connectivity index (χ1v) is 7.28. The number of pyridine rings is 1. The minimum Gasteiger partial charge on any atom is -0.491 e. The van der Waals surface area contributed by atoms with Crippen molar-refractivity contribution in [1.82, 2.24) is 15.0 Å². The first-order valence-electron chi connectivity index (χ1n) is 7.28. The van der Waals surface area contributed by atoms with Gasteiger partial charge in [0.1, 0.15) is 18.2 Å². The molecule has 2 heterocycles. The van der Waals surface area contributed by atoms with Gasteiger partial charge in [-0.1, -0.05) is 36.4 Å². The highest BCUT2D eigenvalue weighted by molar-refractivity contribution is 5.75. The summed E-state index contributed by atoms with van der Waals surface area (Å²) in [6, 6.07) is 11.5. The van der Waals surface area contributed by atoms with Crippen LogP contribution >= 0.6 is 0 Å². The molecule has 1 N–H and O–H groups in total. The Morgan fingerprint density at radius 3 is 2.46 bits per heavy atom. The van der Waals surface area contributed by atoms with Crippen LogP contribution in [0.5, 0.6) is 5.75 Å². The third-order valence-electron chi connectivity index (χ3n) is 3.46. The van der Waals surface area contributed by atoms with Crippen molar-refractivity contribution in [2.24, 2.45) is 0 Å². The molecule has 0 saturated heterocycles. The zero-order chi connectivity index (χ0) is 16.9. The molecule has 0 radical (unpaired) electrons. The second-order valence-electron chi connectivity index (χ2n) is 5.11. The van der Waals surface area contributed by atoms with Crippen LogP contribution in [-0.2, 0) is 0 Å². The smallest absolute Gasteiger partial charge is 0.269 e. The van der Waals surface area contributed by atoms with E-state index in [0.717, 1.165) is 5.56 Å². The SMILES string of the molecule is [C-]#[N+]c1ccc(Nc2ncnc(-c3ccc(C)cc3)c2OC)cn1. The lowest BCUT2D eigenvalue weighted by Gasteiger charge is -2.13. The first kappa shape index (κ1) is 15.4. The molecule has 0 spiro atoms. The van der Waals surface area contributed by atoms with Gasteiger partial charge in [0.25, 0.3) is 5.82 Å². The fourth-order valence-electron chi connectivity index (χ4n) is 2.24. The first-order chi connectivity index (χ1) is 11.7. The predicted molar refractivity (Wildman–Crippen MR) is 92.5 cm³/mol. The number of benzene rings is 1. The molecule has 0 bridgehead atoms. The lowest BCUT2D eigenvalue weighted by atomic mass is 10.1. The molecule has 1 aromatic carbocycles. The van der Waals surface area contributed by atoms with Gasteiger partial charge in [0.05, 0.1) is 12.8 Å². The minimum atomic E-state index is 0.343. The van der Waals surface area contributed by atoms with Crippen LogP contribution in [0.3, 0.4) is 0 Å². The van der Waals surface area contributed by atoms with Crippen LogP contribution in [0, 0.1) is 13.5 Å². The molecule has 24 heavy (non-hydrogen) atoms. The quantitative estimate of drug-likeness (QED) is 0.732. The van der Waals surface area contributed by atoms with Crippen LogP contribution in [0.25, 0.3) is 16.1 Å². The van der Waals surface area contributed by atoms with Crippen molar-refractivity contribution in [3.05, 3.63) is 65.9 Å². The highest BCUT2D eigenvalue weighted by Gasteiger charge is 2.14. The number of rotatable bonds is 4. The molecule has 0 fully saturated rings. The van der Waals surface area contributed by atoms with Gasteiger partial charge in [-0.2, -0.15) is 0 Å². The fourth-order valence-corrected chi connectivity index (χ4v) is 2.24. The van der Waals surface area contributed by atoms with Crippen LogP contribution in [0.15, 0.2) is 48.9 Å². The molecule has 118 valence electrons. The van der Waals surface area contributed by atoms with Crippen molar-refractivity contribution < 1.29 is 4.74 Å². The molecule has 0 saturated carbocycles. The number of aryl methyl sites for hydroxylation is 1. The third kappa shape index (κ3) is 3.15. The standard InChI is InChI=1S/C18H15N5O/c1-12-4-6-13(7-5-12)16-17(24-3)18(22-11-21-16)23-14-8-9-15(19-2)20-10-14/h4-11H,1,3H3,(H,21,22,23). The summed E-state index contributed by atoms with van der Waals surface area (Å²) in [6.45, 7) is 8.97. The van der Waals surface area contributed by atoms with Gasteiger partial charge >= 0.3 is 0 Å². The monoisotopic (exact) mass is 317 g/mol. The number of nitrogens with zero attached hydrogens (tertiary/aromatic N) is 4. The van der Waals surface area contributed by atoms with E-state index in [1.54, 1.807) is 25.4 Å². The molecule has 6 heteroatoms. The molecule has 0 amide bonds. The summed E-state index contributed by atoms with van der Waals surface area (Å²) in [5.41, 5.74) is 3.55. The van der Waals surface area contributed by atoms with E-state index >= 15 is 0 Å². The Bertz CT molecular complexity index is 883. The number of nitrogens with one attached hydrogen (secondary N) is 1. The van der Waals surface area contributed by atoms with Crippen molar-refractivity contribution in [1.29, 1.82) is 0 Å². The summed E-state index contributed by atoms with van der Waals surface area (Å²) in [5.74, 6) is 1.44. The summed E-state index contributed by atoms with van der Waals surface area (Å²) < 4.78 is 5.52. The van der Waals surface area contributed by atoms with Gasteiger partial charge in [0.2, 0.25) is 0 Å². The van der Waals surface area contributed by atoms with Crippen LogP contribution in [-0.4, -0.2) is 22.1 Å². The van der Waals surface area contributed by atoms with Gasteiger partial charge in [0.15, 0.2) is 11.6 Å². The molecular formula is C18H15N5O. The maximum atomic E-state index is 6.94. The Morgan fingerprint density at radius 1 is 1.04 bits per heavy atom. The van der Waals surface area contributed by atoms with E-state index in [1.165, 1.54) is 11.9 Å². The second kappa shape index (κ2) is 6.75. The van der Waals surface area contributed by atoms with Gasteiger partial charge in [-0.15, -0.1) is 4.98 Å². The topological polar surface area (TPSA) is 64.3 Å². The van der Waals surface area contributed by atoms with Crippen LogP contribution in [0.1, 0.15) is 5.56 Å². The fraction of sp³-hybridized carbons (Fsp3) is 0.111. The molecule has 0 aliphatic carbocycles. The number of hydrogen-bond donors (Lipinski definition) is 1. The maximum absolute atomic E-state index is 6.94. The maximum Gasteiger partial charge on any atom is 0.269 e. The van der Waals surface area contributed by atoms with E-state index in [1.807, 2.05) is 31.2 Å². The molecule has 6 nitrogen and oxygen atoms in total. The van der Waals surface area contributed by atoms with Crippen molar-refractivity contribution in [2.75, 3.05) is 12.4 Å². The summed E-state index contributed by atoms with van der Waals surface area (Å²) in [4.78, 5) is 15.9. The number of ether oxygens (including phenoxy) is 1. The third-order valence-corrected chi connectivity index (χ3v) is 3.46. The van der Waals surface area contributed by atoms with E-state index in [-0.39, 0.29) is 0 Å². The number of hydrogen-bond acceptors (Lipinski definition) is 5. The largest absolute Gasteiger partial charge is 0.491 e. The molecule has 2 aromatic heterocycles. The number of aromatic nitrogens is 3. The Morgan fingerprint density at radius 2 is 1.83 bits per heavy atom. The molecular weight excluding hydrogens is 302 g/mol. The summed E-state index contributed by atoms with van der Waals surface area (Å²) in [5, 5.41) is 3.15. The summed E-state index contributed by atoms with van der Waals surface area (Å²) >= 11 is 0. The van der Waals surface area contributed by atoms with Crippen LogP contribution in [0.4, 0.5) is 17.3 Å².